The Hall–Kier alpha value is -1.62. The van der Waals surface area contributed by atoms with Gasteiger partial charge in [-0.15, -0.1) is 0 Å². The Bertz CT molecular complexity index is 543. The molecule has 0 saturated heterocycles. The molecular formula is C13H18N4O. The van der Waals surface area contributed by atoms with Gasteiger partial charge >= 0.3 is 0 Å². The SMILES string of the molecule is COc1ccc2[nH]c(C3CCC(N)CC3)nc2n1. The van der Waals surface area contributed by atoms with Crippen molar-refractivity contribution < 1.29 is 4.74 Å². The number of nitrogens with two attached hydrogens (primary N) is 1. The Labute approximate surface area is 106 Å². The van der Waals surface area contributed by atoms with E-state index in [9.17, 15) is 0 Å². The van der Waals surface area contributed by atoms with E-state index in [1.807, 2.05) is 12.1 Å². The van der Waals surface area contributed by atoms with Crippen molar-refractivity contribution >= 4 is 11.2 Å². The molecule has 0 amide bonds. The maximum absolute atomic E-state index is 5.93. The fourth-order valence-corrected chi connectivity index (χ4v) is 2.59. The zero-order valence-corrected chi connectivity index (χ0v) is 10.5. The smallest absolute Gasteiger partial charge is 0.215 e. The van der Waals surface area contributed by atoms with Crippen LogP contribution in [0.2, 0.25) is 0 Å². The van der Waals surface area contributed by atoms with Crippen molar-refractivity contribution in [3.05, 3.63) is 18.0 Å². The quantitative estimate of drug-likeness (QED) is 0.849. The molecule has 0 atom stereocenters. The maximum Gasteiger partial charge on any atom is 0.215 e. The number of fused-ring (bicyclic) bond motifs is 1. The number of ether oxygens (including phenoxy) is 1. The number of methoxy groups -OCH3 is 1. The van der Waals surface area contributed by atoms with E-state index in [1.165, 1.54) is 0 Å². The number of aromatic nitrogens is 3. The first-order valence-electron chi connectivity index (χ1n) is 6.42. The third kappa shape index (κ3) is 2.06. The van der Waals surface area contributed by atoms with E-state index < -0.39 is 0 Å². The highest BCUT2D eigenvalue weighted by Crippen LogP contribution is 2.31. The summed E-state index contributed by atoms with van der Waals surface area (Å²) in [6.45, 7) is 0. The lowest BCUT2D eigenvalue weighted by molar-refractivity contribution is 0.386. The minimum absolute atomic E-state index is 0.365. The van der Waals surface area contributed by atoms with Crippen molar-refractivity contribution in [2.75, 3.05) is 7.11 Å². The van der Waals surface area contributed by atoms with Gasteiger partial charge in [-0.25, -0.2) is 4.98 Å². The molecule has 2 aromatic heterocycles. The van der Waals surface area contributed by atoms with E-state index >= 15 is 0 Å². The molecule has 3 rings (SSSR count). The van der Waals surface area contributed by atoms with Gasteiger partial charge in [0, 0.05) is 18.0 Å². The molecule has 1 aliphatic carbocycles. The first-order chi connectivity index (χ1) is 8.76. The molecule has 2 heterocycles. The Morgan fingerprint density at radius 2 is 2.00 bits per heavy atom. The lowest BCUT2D eigenvalue weighted by atomic mass is 9.86. The molecule has 0 aliphatic heterocycles. The second kappa shape index (κ2) is 4.57. The van der Waals surface area contributed by atoms with Crippen LogP contribution in [0.3, 0.4) is 0 Å². The van der Waals surface area contributed by atoms with Crippen LogP contribution in [0.1, 0.15) is 37.4 Å². The monoisotopic (exact) mass is 246 g/mol. The number of nitrogens with one attached hydrogen (secondary N) is 1. The highest BCUT2D eigenvalue weighted by molar-refractivity contribution is 5.71. The van der Waals surface area contributed by atoms with Crippen LogP contribution in [0.15, 0.2) is 12.1 Å². The second-order valence-electron chi connectivity index (χ2n) is 4.96. The molecule has 1 saturated carbocycles. The van der Waals surface area contributed by atoms with Crippen LogP contribution in [0.5, 0.6) is 5.88 Å². The Morgan fingerprint density at radius 3 is 2.72 bits per heavy atom. The first kappa shape index (κ1) is 11.5. The summed E-state index contributed by atoms with van der Waals surface area (Å²) in [6, 6.07) is 4.18. The summed E-state index contributed by atoms with van der Waals surface area (Å²) in [5.74, 6) is 2.13. The molecule has 0 unspecified atom stereocenters. The van der Waals surface area contributed by atoms with Crippen LogP contribution < -0.4 is 10.5 Å². The van der Waals surface area contributed by atoms with Crippen molar-refractivity contribution in [2.45, 2.75) is 37.6 Å². The number of hydrogen-bond acceptors (Lipinski definition) is 4. The summed E-state index contributed by atoms with van der Waals surface area (Å²) in [5, 5.41) is 0. The molecule has 96 valence electrons. The molecular weight excluding hydrogens is 228 g/mol. The zero-order valence-electron chi connectivity index (χ0n) is 10.5. The van der Waals surface area contributed by atoms with Gasteiger partial charge in [-0.2, -0.15) is 4.98 Å². The topological polar surface area (TPSA) is 76.8 Å². The average molecular weight is 246 g/mol. The van der Waals surface area contributed by atoms with E-state index in [0.717, 1.165) is 42.7 Å². The summed E-state index contributed by atoms with van der Waals surface area (Å²) in [4.78, 5) is 12.3. The predicted octanol–water partition coefficient (Wildman–Crippen LogP) is 1.95. The van der Waals surface area contributed by atoms with Crippen molar-refractivity contribution in [3.63, 3.8) is 0 Å². The van der Waals surface area contributed by atoms with Gasteiger partial charge in [0.15, 0.2) is 5.65 Å². The highest BCUT2D eigenvalue weighted by atomic mass is 16.5. The molecule has 3 N–H and O–H groups in total. The zero-order chi connectivity index (χ0) is 12.5. The molecule has 18 heavy (non-hydrogen) atoms. The van der Waals surface area contributed by atoms with Crippen LogP contribution >= 0.6 is 0 Å². The number of imidazole rings is 1. The van der Waals surface area contributed by atoms with Crippen molar-refractivity contribution in [1.29, 1.82) is 0 Å². The van der Waals surface area contributed by atoms with E-state index in [4.69, 9.17) is 10.5 Å². The maximum atomic E-state index is 5.93. The third-order valence-corrected chi connectivity index (χ3v) is 3.71. The van der Waals surface area contributed by atoms with E-state index in [-0.39, 0.29) is 0 Å². The lowest BCUT2D eigenvalue weighted by Crippen LogP contribution is -2.26. The summed E-state index contributed by atoms with van der Waals surface area (Å²) in [5.41, 5.74) is 7.64. The fraction of sp³-hybridized carbons (Fsp3) is 0.538. The van der Waals surface area contributed by atoms with Gasteiger partial charge in [-0.05, 0) is 31.7 Å². The normalized spacial score (nSPS) is 24.3. The van der Waals surface area contributed by atoms with Gasteiger partial charge < -0.3 is 15.5 Å². The molecule has 2 aromatic rings. The minimum atomic E-state index is 0.365. The summed E-state index contributed by atoms with van der Waals surface area (Å²) in [7, 11) is 1.62. The molecule has 1 fully saturated rings. The number of pyridine rings is 1. The van der Waals surface area contributed by atoms with Gasteiger partial charge in [0.25, 0.3) is 0 Å². The molecule has 0 radical (unpaired) electrons. The van der Waals surface area contributed by atoms with Crippen LogP contribution in [0.4, 0.5) is 0 Å². The van der Waals surface area contributed by atoms with Gasteiger partial charge in [-0.1, -0.05) is 0 Å². The molecule has 5 heteroatoms. The van der Waals surface area contributed by atoms with E-state index in [0.29, 0.717) is 17.8 Å². The molecule has 1 aliphatic rings. The Morgan fingerprint density at radius 1 is 1.22 bits per heavy atom. The van der Waals surface area contributed by atoms with E-state index in [2.05, 4.69) is 15.0 Å². The van der Waals surface area contributed by atoms with Crippen LogP contribution in [0.25, 0.3) is 11.2 Å². The fourth-order valence-electron chi connectivity index (χ4n) is 2.59. The van der Waals surface area contributed by atoms with Gasteiger partial charge in [0.05, 0.1) is 12.6 Å². The highest BCUT2D eigenvalue weighted by Gasteiger charge is 2.22. The van der Waals surface area contributed by atoms with Crippen LogP contribution in [0, 0.1) is 0 Å². The Balaban J connectivity index is 1.88. The lowest BCUT2D eigenvalue weighted by Gasteiger charge is -2.24. The number of H-pyrrole nitrogens is 1. The second-order valence-corrected chi connectivity index (χ2v) is 4.96. The first-order valence-corrected chi connectivity index (χ1v) is 6.42. The average Bonchev–Trinajstić information content (AvgIpc) is 2.82. The standard InChI is InChI=1S/C13H18N4O/c1-18-11-7-6-10-13(16-11)17-12(15-10)8-2-4-9(14)5-3-8/h6-9H,2-5,14H2,1H3,(H,15,16,17). The molecule has 0 aromatic carbocycles. The number of aromatic amines is 1. The number of nitrogens with zero attached hydrogens (tertiary/aromatic N) is 2. The van der Waals surface area contributed by atoms with Crippen LogP contribution in [-0.4, -0.2) is 28.1 Å². The largest absolute Gasteiger partial charge is 0.481 e. The number of hydrogen-bond donors (Lipinski definition) is 2. The summed E-state index contributed by atoms with van der Waals surface area (Å²) >= 11 is 0. The van der Waals surface area contributed by atoms with Gasteiger partial charge in [0.1, 0.15) is 5.82 Å². The predicted molar refractivity (Wildman–Crippen MR) is 69.6 cm³/mol. The van der Waals surface area contributed by atoms with Crippen molar-refractivity contribution in [2.24, 2.45) is 5.73 Å². The Kier molecular flexibility index (Phi) is 2.91. The third-order valence-electron chi connectivity index (χ3n) is 3.71. The van der Waals surface area contributed by atoms with Crippen molar-refractivity contribution in [3.8, 4) is 5.88 Å². The minimum Gasteiger partial charge on any atom is -0.481 e. The van der Waals surface area contributed by atoms with E-state index in [1.54, 1.807) is 7.11 Å². The van der Waals surface area contributed by atoms with Crippen LogP contribution in [-0.2, 0) is 0 Å². The number of rotatable bonds is 2. The van der Waals surface area contributed by atoms with Gasteiger partial charge in [-0.3, -0.25) is 0 Å². The van der Waals surface area contributed by atoms with Gasteiger partial charge in [0.2, 0.25) is 5.88 Å². The summed E-state index contributed by atoms with van der Waals surface area (Å²) in [6.07, 6.45) is 4.38. The molecule has 0 spiro atoms. The van der Waals surface area contributed by atoms with Crippen molar-refractivity contribution in [1.82, 2.24) is 15.0 Å². The molecule has 5 nitrogen and oxygen atoms in total. The summed E-state index contributed by atoms with van der Waals surface area (Å²) < 4.78 is 5.11. The molecule has 0 bridgehead atoms.